The van der Waals surface area contributed by atoms with E-state index in [2.05, 4.69) is 0 Å². The summed E-state index contributed by atoms with van der Waals surface area (Å²) in [4.78, 5) is 12.5. The summed E-state index contributed by atoms with van der Waals surface area (Å²) >= 11 is 0. The van der Waals surface area contributed by atoms with Crippen LogP contribution in [0.15, 0.2) is 57.9 Å². The highest BCUT2D eigenvalue weighted by atomic mass is 16.3. The van der Waals surface area contributed by atoms with E-state index in [4.69, 9.17) is 4.42 Å². The minimum Gasteiger partial charge on any atom is -0.463 e. The zero-order valence-electron chi connectivity index (χ0n) is 10.9. The molecule has 1 heterocycles. The predicted octanol–water partition coefficient (Wildman–Crippen LogP) is 4.08. The lowest BCUT2D eigenvalue weighted by Crippen LogP contribution is -2.04. The summed E-state index contributed by atoms with van der Waals surface area (Å²) in [5.74, 6) is 0. The highest BCUT2D eigenvalue weighted by molar-refractivity contribution is 5.81. The van der Waals surface area contributed by atoms with Gasteiger partial charge in [0.15, 0.2) is 5.43 Å². The van der Waals surface area contributed by atoms with Crippen molar-refractivity contribution in [2.75, 3.05) is 0 Å². The fourth-order valence-electron chi connectivity index (χ4n) is 2.17. The number of aryl methyl sites for hydroxylation is 2. The van der Waals surface area contributed by atoms with E-state index in [9.17, 15) is 4.79 Å². The molecule has 0 unspecified atom stereocenters. The Bertz CT molecular complexity index is 796. The first-order valence-electron chi connectivity index (χ1n) is 6.24. The molecule has 0 spiro atoms. The van der Waals surface area contributed by atoms with Gasteiger partial charge in [0.2, 0.25) is 0 Å². The van der Waals surface area contributed by atoms with Crippen molar-refractivity contribution in [2.24, 2.45) is 0 Å². The molecule has 0 amide bonds. The smallest absolute Gasteiger partial charge is 0.200 e. The van der Waals surface area contributed by atoms with Crippen LogP contribution in [0.5, 0.6) is 0 Å². The molecule has 0 fully saturated rings. The van der Waals surface area contributed by atoms with Crippen LogP contribution in [0, 0.1) is 13.8 Å². The van der Waals surface area contributed by atoms with E-state index in [0.717, 1.165) is 11.1 Å². The molecule has 3 rings (SSSR count). The third kappa shape index (κ3) is 2.06. The molecule has 2 aromatic carbocycles. The van der Waals surface area contributed by atoms with Crippen molar-refractivity contribution in [1.82, 2.24) is 0 Å². The van der Waals surface area contributed by atoms with Crippen molar-refractivity contribution in [2.45, 2.75) is 13.8 Å². The molecule has 0 saturated carbocycles. The van der Waals surface area contributed by atoms with Crippen molar-refractivity contribution in [3.05, 3.63) is 70.1 Å². The Morgan fingerprint density at radius 3 is 2.32 bits per heavy atom. The van der Waals surface area contributed by atoms with Crippen LogP contribution >= 0.6 is 0 Å². The molecular weight excluding hydrogens is 236 g/mol. The second kappa shape index (κ2) is 4.39. The largest absolute Gasteiger partial charge is 0.463 e. The molecule has 0 bridgehead atoms. The van der Waals surface area contributed by atoms with Gasteiger partial charge in [-0.25, -0.2) is 0 Å². The predicted molar refractivity (Wildman–Crippen MR) is 77.4 cm³/mol. The first kappa shape index (κ1) is 11.7. The minimum atomic E-state index is 0.0186. The summed E-state index contributed by atoms with van der Waals surface area (Å²) in [5, 5.41) is 0.628. The van der Waals surface area contributed by atoms with E-state index in [1.807, 2.05) is 56.3 Å². The van der Waals surface area contributed by atoms with Crippen LogP contribution in [-0.4, -0.2) is 0 Å². The Morgan fingerprint density at radius 2 is 1.58 bits per heavy atom. The van der Waals surface area contributed by atoms with Gasteiger partial charge < -0.3 is 4.42 Å². The summed E-state index contributed by atoms with van der Waals surface area (Å²) in [5.41, 5.74) is 4.41. The lowest BCUT2D eigenvalue weighted by molar-refractivity contribution is 0.604. The van der Waals surface area contributed by atoms with Gasteiger partial charge in [0.05, 0.1) is 10.9 Å². The van der Waals surface area contributed by atoms with E-state index in [0.29, 0.717) is 16.5 Å². The number of fused-ring (bicyclic) bond motifs is 1. The average Bonchev–Trinajstić information content (AvgIpc) is 2.40. The van der Waals surface area contributed by atoms with Gasteiger partial charge >= 0.3 is 0 Å². The molecular formula is C17H14O2. The van der Waals surface area contributed by atoms with Crippen molar-refractivity contribution < 1.29 is 4.42 Å². The Labute approximate surface area is 111 Å². The molecule has 0 atom stereocenters. The maximum atomic E-state index is 12.5. The van der Waals surface area contributed by atoms with Gasteiger partial charge in [-0.15, -0.1) is 0 Å². The van der Waals surface area contributed by atoms with Crippen molar-refractivity contribution in [3.63, 3.8) is 0 Å². The van der Waals surface area contributed by atoms with Crippen molar-refractivity contribution >= 4 is 11.0 Å². The SMILES string of the molecule is Cc1ccc(-c2coc3cc(C)ccc3c2=O)cc1. The number of hydrogen-bond donors (Lipinski definition) is 0. The summed E-state index contributed by atoms with van der Waals surface area (Å²) in [6, 6.07) is 13.5. The fraction of sp³-hybridized carbons (Fsp3) is 0.118. The van der Waals surface area contributed by atoms with Gasteiger partial charge in [-0.05, 0) is 37.1 Å². The Hall–Kier alpha value is -2.35. The third-order valence-electron chi connectivity index (χ3n) is 3.29. The highest BCUT2D eigenvalue weighted by Crippen LogP contribution is 2.20. The lowest BCUT2D eigenvalue weighted by Gasteiger charge is -2.03. The lowest BCUT2D eigenvalue weighted by atomic mass is 10.0. The first-order chi connectivity index (χ1) is 9.15. The van der Waals surface area contributed by atoms with E-state index in [1.54, 1.807) is 6.26 Å². The van der Waals surface area contributed by atoms with Crippen LogP contribution in [0.25, 0.3) is 22.1 Å². The van der Waals surface area contributed by atoms with E-state index in [1.165, 1.54) is 5.56 Å². The number of hydrogen-bond acceptors (Lipinski definition) is 2. The third-order valence-corrected chi connectivity index (χ3v) is 3.29. The fourth-order valence-corrected chi connectivity index (χ4v) is 2.17. The molecule has 0 aliphatic heterocycles. The second-order valence-electron chi connectivity index (χ2n) is 4.84. The Kier molecular flexibility index (Phi) is 2.71. The summed E-state index contributed by atoms with van der Waals surface area (Å²) < 4.78 is 5.59. The number of rotatable bonds is 1. The summed E-state index contributed by atoms with van der Waals surface area (Å²) in [7, 11) is 0. The second-order valence-corrected chi connectivity index (χ2v) is 4.84. The van der Waals surface area contributed by atoms with Gasteiger partial charge in [-0.1, -0.05) is 35.9 Å². The molecule has 0 aliphatic carbocycles. The van der Waals surface area contributed by atoms with E-state index >= 15 is 0 Å². The standard InChI is InChI=1S/C17H14O2/c1-11-3-6-13(7-4-11)15-10-19-16-9-12(2)5-8-14(16)17(15)18/h3-10H,1-2H3. The van der Waals surface area contributed by atoms with Crippen molar-refractivity contribution in [3.8, 4) is 11.1 Å². The van der Waals surface area contributed by atoms with Gasteiger partial charge in [-0.2, -0.15) is 0 Å². The first-order valence-corrected chi connectivity index (χ1v) is 6.24. The Morgan fingerprint density at radius 1 is 0.895 bits per heavy atom. The zero-order chi connectivity index (χ0) is 13.4. The molecule has 94 valence electrons. The van der Waals surface area contributed by atoms with Crippen LogP contribution < -0.4 is 5.43 Å². The zero-order valence-corrected chi connectivity index (χ0v) is 10.9. The number of benzene rings is 2. The maximum Gasteiger partial charge on any atom is 0.200 e. The minimum absolute atomic E-state index is 0.0186. The quantitative estimate of drug-likeness (QED) is 0.651. The molecule has 19 heavy (non-hydrogen) atoms. The van der Waals surface area contributed by atoms with Crippen LogP contribution in [0.2, 0.25) is 0 Å². The van der Waals surface area contributed by atoms with Crippen LogP contribution in [0.3, 0.4) is 0 Å². The topological polar surface area (TPSA) is 30.2 Å². The molecule has 1 aromatic heterocycles. The van der Waals surface area contributed by atoms with Crippen molar-refractivity contribution in [1.29, 1.82) is 0 Å². The van der Waals surface area contributed by atoms with Crippen LogP contribution in [0.1, 0.15) is 11.1 Å². The Balaban J connectivity index is 2.26. The summed E-state index contributed by atoms with van der Waals surface area (Å²) in [6.45, 7) is 4.00. The molecule has 0 saturated heterocycles. The molecule has 2 nitrogen and oxygen atoms in total. The molecule has 0 N–H and O–H groups in total. The molecule has 3 aromatic rings. The van der Waals surface area contributed by atoms with Gasteiger partial charge in [0.1, 0.15) is 11.8 Å². The monoisotopic (exact) mass is 250 g/mol. The molecule has 0 aliphatic rings. The van der Waals surface area contributed by atoms with Gasteiger partial charge in [0.25, 0.3) is 0 Å². The normalized spacial score (nSPS) is 10.8. The van der Waals surface area contributed by atoms with Crippen LogP contribution in [-0.2, 0) is 0 Å². The molecule has 0 radical (unpaired) electrons. The van der Waals surface area contributed by atoms with Gasteiger partial charge in [-0.3, -0.25) is 4.79 Å². The van der Waals surface area contributed by atoms with Gasteiger partial charge in [0, 0.05) is 0 Å². The highest BCUT2D eigenvalue weighted by Gasteiger charge is 2.08. The van der Waals surface area contributed by atoms with E-state index in [-0.39, 0.29) is 5.43 Å². The van der Waals surface area contributed by atoms with Crippen LogP contribution in [0.4, 0.5) is 0 Å². The average molecular weight is 250 g/mol. The maximum absolute atomic E-state index is 12.5. The molecule has 2 heteroatoms. The van der Waals surface area contributed by atoms with E-state index < -0.39 is 0 Å². The summed E-state index contributed by atoms with van der Waals surface area (Å²) in [6.07, 6.45) is 1.55.